The lowest BCUT2D eigenvalue weighted by Crippen LogP contribution is -2.67. The van der Waals surface area contributed by atoms with E-state index in [9.17, 15) is 0 Å². The summed E-state index contributed by atoms with van der Waals surface area (Å²) in [5.74, 6) is 1.97. The van der Waals surface area contributed by atoms with E-state index in [-0.39, 0.29) is 5.41 Å². The fourth-order valence-corrected chi connectivity index (χ4v) is 5.31. The Bertz CT molecular complexity index is 637. The van der Waals surface area contributed by atoms with Gasteiger partial charge in [-0.05, 0) is 26.2 Å². The number of nitrogens with zero attached hydrogens (tertiary/aromatic N) is 2. The van der Waals surface area contributed by atoms with Gasteiger partial charge in [0.25, 0.3) is 0 Å². The molecule has 140 valence electrons. The highest BCUT2D eigenvalue weighted by Gasteiger charge is 2.59. The Hall–Kier alpha value is -1.14. The fourth-order valence-electron chi connectivity index (χ4n) is 4.30. The van der Waals surface area contributed by atoms with Crippen molar-refractivity contribution in [3.05, 3.63) is 15.6 Å². The van der Waals surface area contributed by atoms with Gasteiger partial charge in [-0.1, -0.05) is 27.7 Å². The van der Waals surface area contributed by atoms with Gasteiger partial charge >= 0.3 is 0 Å². The molecular weight excluding hydrogens is 332 g/mol. The summed E-state index contributed by atoms with van der Waals surface area (Å²) in [6.07, 6.45) is 1.54. The van der Waals surface area contributed by atoms with Crippen LogP contribution in [0.15, 0.2) is 4.99 Å². The zero-order chi connectivity index (χ0) is 18.2. The summed E-state index contributed by atoms with van der Waals surface area (Å²) in [4.78, 5) is 10.9. The summed E-state index contributed by atoms with van der Waals surface area (Å²) in [6, 6.07) is 0.419. The second-order valence-electron chi connectivity index (χ2n) is 8.09. The summed E-state index contributed by atoms with van der Waals surface area (Å²) in [5, 5.41) is 8.15. The minimum Gasteiger partial charge on any atom is -0.377 e. The summed E-state index contributed by atoms with van der Waals surface area (Å²) in [6.45, 7) is 15.6. The summed E-state index contributed by atoms with van der Waals surface area (Å²) >= 11 is 1.76. The van der Waals surface area contributed by atoms with Crippen LogP contribution in [0, 0.1) is 18.3 Å². The van der Waals surface area contributed by atoms with Crippen LogP contribution >= 0.6 is 11.3 Å². The number of guanidine groups is 1. The lowest BCUT2D eigenvalue weighted by molar-refractivity contribution is -0.106. The Kier molecular flexibility index (Phi) is 5.40. The minimum absolute atomic E-state index is 0.153. The molecule has 1 saturated carbocycles. The van der Waals surface area contributed by atoms with Crippen LogP contribution in [-0.4, -0.2) is 36.2 Å². The van der Waals surface area contributed by atoms with E-state index in [1.807, 2.05) is 0 Å². The molecule has 3 atom stereocenters. The highest BCUT2D eigenvalue weighted by atomic mass is 32.1. The van der Waals surface area contributed by atoms with Gasteiger partial charge in [0.05, 0.1) is 18.3 Å². The van der Waals surface area contributed by atoms with Gasteiger partial charge in [-0.3, -0.25) is 0 Å². The molecule has 1 aliphatic heterocycles. The van der Waals surface area contributed by atoms with Crippen LogP contribution in [0.2, 0.25) is 0 Å². The number of ether oxygens (including phenoxy) is 1. The van der Waals surface area contributed by atoms with Crippen molar-refractivity contribution in [2.24, 2.45) is 16.3 Å². The van der Waals surface area contributed by atoms with Crippen LogP contribution in [-0.2, 0) is 11.3 Å². The Morgan fingerprint density at radius 3 is 2.84 bits per heavy atom. The third-order valence-electron chi connectivity index (χ3n) is 5.53. The first-order valence-electron chi connectivity index (χ1n) is 9.47. The molecule has 3 unspecified atom stereocenters. The molecule has 1 aliphatic carbocycles. The SMILES string of the molecule is CCNC(=NCc1nc(C(C)C)c(C)s1)NC1C2CCOC2C1(C)C. The Labute approximate surface area is 155 Å². The second kappa shape index (κ2) is 7.23. The van der Waals surface area contributed by atoms with Gasteiger partial charge in [0, 0.05) is 35.4 Å². The lowest BCUT2D eigenvalue weighted by atomic mass is 9.57. The summed E-state index contributed by atoms with van der Waals surface area (Å²) in [7, 11) is 0. The van der Waals surface area contributed by atoms with Gasteiger partial charge in [0.1, 0.15) is 5.01 Å². The molecule has 5 nitrogen and oxygen atoms in total. The first-order chi connectivity index (χ1) is 11.8. The fraction of sp³-hybridized carbons (Fsp3) is 0.789. The van der Waals surface area contributed by atoms with E-state index in [0.29, 0.717) is 30.5 Å². The van der Waals surface area contributed by atoms with Crippen molar-refractivity contribution in [2.45, 2.75) is 72.6 Å². The number of aromatic nitrogens is 1. The van der Waals surface area contributed by atoms with E-state index >= 15 is 0 Å². The maximum Gasteiger partial charge on any atom is 0.191 e. The molecule has 1 aromatic heterocycles. The predicted molar refractivity (Wildman–Crippen MR) is 104 cm³/mol. The minimum atomic E-state index is 0.153. The standard InChI is InChI=1S/C19H32N4OS/c1-7-20-18(21-10-14-22-15(11(2)3)12(4)25-14)23-16-13-8-9-24-17(13)19(16,5)6/h11,13,16-17H,7-10H2,1-6H3,(H2,20,21,23). The average Bonchev–Trinajstić information content (AvgIpc) is 3.15. The average molecular weight is 365 g/mol. The van der Waals surface area contributed by atoms with Crippen LogP contribution in [0.5, 0.6) is 0 Å². The summed E-state index contributed by atoms with van der Waals surface area (Å²) in [5.41, 5.74) is 1.36. The molecular formula is C19H32N4OS. The molecule has 0 amide bonds. The van der Waals surface area contributed by atoms with Gasteiger partial charge in [0.2, 0.25) is 0 Å². The van der Waals surface area contributed by atoms with E-state index < -0.39 is 0 Å². The maximum absolute atomic E-state index is 5.90. The number of nitrogens with one attached hydrogen (secondary N) is 2. The first kappa shape index (κ1) is 18.6. The molecule has 2 fully saturated rings. The predicted octanol–water partition coefficient (Wildman–Crippen LogP) is 3.44. The van der Waals surface area contributed by atoms with Crippen molar-refractivity contribution in [3.63, 3.8) is 0 Å². The topological polar surface area (TPSA) is 58.5 Å². The molecule has 6 heteroatoms. The molecule has 2 N–H and O–H groups in total. The number of aryl methyl sites for hydroxylation is 1. The molecule has 1 aromatic rings. The third-order valence-corrected chi connectivity index (χ3v) is 6.50. The Morgan fingerprint density at radius 2 is 2.20 bits per heavy atom. The van der Waals surface area contributed by atoms with Crippen LogP contribution < -0.4 is 10.6 Å². The largest absolute Gasteiger partial charge is 0.377 e. The number of hydrogen-bond donors (Lipinski definition) is 2. The normalized spacial score (nSPS) is 28.0. The number of fused-ring (bicyclic) bond motifs is 1. The van der Waals surface area contributed by atoms with Crippen LogP contribution in [0.3, 0.4) is 0 Å². The van der Waals surface area contributed by atoms with Crippen molar-refractivity contribution < 1.29 is 4.74 Å². The smallest absolute Gasteiger partial charge is 0.191 e. The van der Waals surface area contributed by atoms with Gasteiger partial charge in [-0.25, -0.2) is 9.98 Å². The first-order valence-corrected chi connectivity index (χ1v) is 10.3. The molecule has 25 heavy (non-hydrogen) atoms. The number of thiazole rings is 1. The molecule has 3 rings (SSSR count). The zero-order valence-electron chi connectivity index (χ0n) is 16.3. The summed E-state index contributed by atoms with van der Waals surface area (Å²) < 4.78 is 5.90. The highest BCUT2D eigenvalue weighted by Crippen LogP contribution is 2.52. The van der Waals surface area contributed by atoms with Crippen LogP contribution in [0.1, 0.15) is 62.5 Å². The highest BCUT2D eigenvalue weighted by molar-refractivity contribution is 7.11. The van der Waals surface area contributed by atoms with Crippen LogP contribution in [0.25, 0.3) is 0 Å². The van der Waals surface area contributed by atoms with E-state index in [4.69, 9.17) is 14.7 Å². The monoisotopic (exact) mass is 364 g/mol. The van der Waals surface area contributed by atoms with Gasteiger partial charge in [0.15, 0.2) is 5.96 Å². The second-order valence-corrected chi connectivity index (χ2v) is 9.37. The molecule has 0 bridgehead atoms. The molecule has 0 aromatic carbocycles. The third kappa shape index (κ3) is 3.56. The Morgan fingerprint density at radius 1 is 1.44 bits per heavy atom. The molecule has 0 radical (unpaired) electrons. The van der Waals surface area contributed by atoms with Gasteiger partial charge in [-0.2, -0.15) is 0 Å². The molecule has 2 aliphatic rings. The van der Waals surface area contributed by atoms with E-state index in [2.05, 4.69) is 52.2 Å². The van der Waals surface area contributed by atoms with Crippen molar-refractivity contribution in [3.8, 4) is 0 Å². The van der Waals surface area contributed by atoms with Crippen molar-refractivity contribution >= 4 is 17.3 Å². The number of hydrogen-bond acceptors (Lipinski definition) is 4. The van der Waals surface area contributed by atoms with E-state index in [0.717, 1.165) is 30.5 Å². The molecule has 1 saturated heterocycles. The number of rotatable bonds is 5. The Balaban J connectivity index is 1.68. The molecule has 2 heterocycles. The van der Waals surface area contributed by atoms with Gasteiger partial charge < -0.3 is 15.4 Å². The quantitative estimate of drug-likeness (QED) is 0.621. The van der Waals surface area contributed by atoms with E-state index in [1.54, 1.807) is 11.3 Å². The number of aliphatic imine (C=N–C) groups is 1. The zero-order valence-corrected chi connectivity index (χ0v) is 17.2. The molecule has 0 spiro atoms. The van der Waals surface area contributed by atoms with Gasteiger partial charge in [-0.15, -0.1) is 11.3 Å². The van der Waals surface area contributed by atoms with Crippen molar-refractivity contribution in [2.75, 3.05) is 13.2 Å². The van der Waals surface area contributed by atoms with Crippen molar-refractivity contribution in [1.29, 1.82) is 0 Å². The van der Waals surface area contributed by atoms with Crippen LogP contribution in [0.4, 0.5) is 0 Å². The van der Waals surface area contributed by atoms with Crippen molar-refractivity contribution in [1.82, 2.24) is 15.6 Å². The lowest BCUT2D eigenvalue weighted by Gasteiger charge is -2.54. The van der Waals surface area contributed by atoms with E-state index in [1.165, 1.54) is 10.6 Å². The maximum atomic E-state index is 5.90.